The van der Waals surface area contributed by atoms with Crippen LogP contribution in [0.1, 0.15) is 16.8 Å². The number of aromatic amines is 1. The van der Waals surface area contributed by atoms with E-state index >= 15 is 0 Å². The number of carbonyl (C=O) groups is 1. The van der Waals surface area contributed by atoms with Crippen molar-refractivity contribution in [2.45, 2.75) is 11.3 Å². The molecule has 134 valence electrons. The van der Waals surface area contributed by atoms with Crippen molar-refractivity contribution in [2.75, 3.05) is 18.0 Å². The molecule has 0 aliphatic carbocycles. The molecule has 8 nitrogen and oxygen atoms in total. The van der Waals surface area contributed by atoms with Crippen molar-refractivity contribution in [1.29, 1.82) is 0 Å². The summed E-state index contributed by atoms with van der Waals surface area (Å²) in [6.07, 6.45) is 0.0703. The number of hydrogen-bond acceptors (Lipinski definition) is 6. The highest BCUT2D eigenvalue weighted by atomic mass is 32.2. The average Bonchev–Trinajstić information content (AvgIpc) is 3.00. The van der Waals surface area contributed by atoms with Crippen molar-refractivity contribution in [3.8, 4) is 5.75 Å². The second-order valence-electron chi connectivity index (χ2n) is 5.78. The summed E-state index contributed by atoms with van der Waals surface area (Å²) in [6.45, 7) is 0.00363. The van der Waals surface area contributed by atoms with Gasteiger partial charge in [0, 0.05) is 24.6 Å². The fourth-order valence-corrected chi connectivity index (χ4v) is 4.58. The Morgan fingerprint density at radius 1 is 1.19 bits per heavy atom. The Morgan fingerprint density at radius 2 is 2.00 bits per heavy atom. The molecule has 0 saturated carbocycles. The summed E-state index contributed by atoms with van der Waals surface area (Å²) < 4.78 is 37.8. The fourth-order valence-electron chi connectivity index (χ4n) is 3.07. The number of Topliss-reactive ketones (excluding diaryl/α,β-unsaturated/α-hetero) is 1. The molecule has 0 fully saturated rings. The number of rotatable bonds is 3. The van der Waals surface area contributed by atoms with Gasteiger partial charge in [-0.1, -0.05) is 6.07 Å². The maximum atomic E-state index is 13.2. The fraction of sp³-hybridized carbons (Fsp3) is 0.176. The summed E-state index contributed by atoms with van der Waals surface area (Å²) in [5.74, 6) is -0.504. The molecule has 0 unspecified atom stereocenters. The van der Waals surface area contributed by atoms with Crippen LogP contribution >= 0.6 is 0 Å². The third-order valence-corrected chi connectivity index (χ3v) is 6.09. The van der Waals surface area contributed by atoms with E-state index in [1.807, 2.05) is 0 Å². The number of para-hydroxylation sites is 1. The molecule has 0 spiro atoms. The van der Waals surface area contributed by atoms with E-state index < -0.39 is 15.8 Å². The zero-order valence-electron chi connectivity index (χ0n) is 13.7. The van der Waals surface area contributed by atoms with E-state index in [2.05, 4.69) is 4.98 Å². The Labute approximate surface area is 148 Å². The molecule has 0 bridgehead atoms. The topological polar surface area (TPSA) is 110 Å². The van der Waals surface area contributed by atoms with Crippen LogP contribution in [0.5, 0.6) is 5.75 Å². The molecule has 2 aromatic carbocycles. The van der Waals surface area contributed by atoms with E-state index in [9.17, 15) is 18.0 Å². The number of ether oxygens (including phenoxy) is 1. The van der Waals surface area contributed by atoms with Crippen LogP contribution in [-0.2, 0) is 10.0 Å². The maximum absolute atomic E-state index is 13.2. The summed E-state index contributed by atoms with van der Waals surface area (Å²) >= 11 is 0. The van der Waals surface area contributed by atoms with Crippen molar-refractivity contribution in [3.05, 3.63) is 52.5 Å². The number of benzene rings is 2. The molecule has 9 heteroatoms. The van der Waals surface area contributed by atoms with Gasteiger partial charge in [0.25, 0.3) is 10.0 Å². The number of carbonyl (C=O) groups excluding carboxylic acids is 1. The number of anilines is 1. The number of methoxy groups -OCH3 is 1. The van der Waals surface area contributed by atoms with Crippen LogP contribution in [0.3, 0.4) is 0 Å². The summed E-state index contributed by atoms with van der Waals surface area (Å²) in [6, 6.07) is 8.96. The predicted octanol–water partition coefficient (Wildman–Crippen LogP) is 1.91. The Morgan fingerprint density at radius 3 is 2.77 bits per heavy atom. The quantitative estimate of drug-likeness (QED) is 0.750. The van der Waals surface area contributed by atoms with E-state index in [1.54, 1.807) is 18.2 Å². The van der Waals surface area contributed by atoms with Gasteiger partial charge in [-0.2, -0.15) is 0 Å². The van der Waals surface area contributed by atoms with Gasteiger partial charge in [0.15, 0.2) is 11.4 Å². The number of fused-ring (bicyclic) bond motifs is 2. The first kappa shape index (κ1) is 16.4. The molecule has 1 N–H and O–H groups in total. The normalized spacial score (nSPS) is 14.5. The van der Waals surface area contributed by atoms with Crippen LogP contribution in [0.25, 0.3) is 11.1 Å². The molecule has 0 radical (unpaired) electrons. The molecular formula is C17H14N2O6S. The lowest BCUT2D eigenvalue weighted by atomic mass is 10.0. The summed E-state index contributed by atoms with van der Waals surface area (Å²) in [5, 5.41) is 0. The van der Waals surface area contributed by atoms with E-state index in [4.69, 9.17) is 9.15 Å². The molecule has 1 aliphatic rings. The highest BCUT2D eigenvalue weighted by Gasteiger charge is 2.35. The van der Waals surface area contributed by atoms with E-state index in [0.717, 1.165) is 4.31 Å². The van der Waals surface area contributed by atoms with Gasteiger partial charge in [0.1, 0.15) is 11.4 Å². The van der Waals surface area contributed by atoms with Crippen LogP contribution in [0, 0.1) is 0 Å². The molecule has 0 saturated heterocycles. The Kier molecular flexibility index (Phi) is 3.62. The van der Waals surface area contributed by atoms with Gasteiger partial charge in [-0.3, -0.25) is 14.1 Å². The van der Waals surface area contributed by atoms with Crippen LogP contribution in [0.4, 0.5) is 5.69 Å². The summed E-state index contributed by atoms with van der Waals surface area (Å²) in [4.78, 5) is 25.9. The second kappa shape index (κ2) is 5.73. The lowest BCUT2D eigenvalue weighted by molar-refractivity contribution is 0.0981. The Hall–Kier alpha value is -3.07. The molecule has 26 heavy (non-hydrogen) atoms. The summed E-state index contributed by atoms with van der Waals surface area (Å²) in [5.41, 5.74) is 1.07. The lowest BCUT2D eigenvalue weighted by Gasteiger charge is -2.31. The van der Waals surface area contributed by atoms with Gasteiger partial charge in [0.2, 0.25) is 0 Å². The monoisotopic (exact) mass is 374 g/mol. The molecule has 1 aromatic heterocycles. The van der Waals surface area contributed by atoms with Crippen molar-refractivity contribution < 1.29 is 22.4 Å². The van der Waals surface area contributed by atoms with Crippen molar-refractivity contribution in [2.24, 2.45) is 0 Å². The predicted molar refractivity (Wildman–Crippen MR) is 93.3 cm³/mol. The first-order valence-corrected chi connectivity index (χ1v) is 9.21. The number of oxazole rings is 1. The second-order valence-corrected chi connectivity index (χ2v) is 7.64. The first-order valence-electron chi connectivity index (χ1n) is 7.77. The molecular weight excluding hydrogens is 360 g/mol. The molecule has 4 rings (SSSR count). The number of hydrogen-bond donors (Lipinski definition) is 1. The van der Waals surface area contributed by atoms with Gasteiger partial charge in [-0.05, 0) is 24.3 Å². The average molecular weight is 374 g/mol. The van der Waals surface area contributed by atoms with Crippen LogP contribution in [0.2, 0.25) is 0 Å². The minimum atomic E-state index is -3.99. The van der Waals surface area contributed by atoms with Gasteiger partial charge < -0.3 is 9.15 Å². The summed E-state index contributed by atoms with van der Waals surface area (Å²) in [7, 11) is -2.57. The highest BCUT2D eigenvalue weighted by molar-refractivity contribution is 7.92. The van der Waals surface area contributed by atoms with E-state index in [0.29, 0.717) is 16.8 Å². The third-order valence-electron chi connectivity index (χ3n) is 4.29. The largest absolute Gasteiger partial charge is 0.495 e. The third kappa shape index (κ3) is 2.39. The molecule has 0 amide bonds. The smallest absolute Gasteiger partial charge is 0.417 e. The zero-order chi connectivity index (χ0) is 18.5. The van der Waals surface area contributed by atoms with Gasteiger partial charge in [-0.25, -0.2) is 13.2 Å². The van der Waals surface area contributed by atoms with Crippen LogP contribution in [0.15, 0.2) is 50.5 Å². The minimum Gasteiger partial charge on any atom is -0.495 e. The highest BCUT2D eigenvalue weighted by Crippen LogP contribution is 2.39. The number of sulfonamides is 1. The lowest BCUT2D eigenvalue weighted by Crippen LogP contribution is -2.37. The number of aromatic nitrogens is 1. The number of H-pyrrole nitrogens is 1. The van der Waals surface area contributed by atoms with E-state index in [-0.39, 0.29) is 34.9 Å². The van der Waals surface area contributed by atoms with Crippen molar-refractivity contribution in [1.82, 2.24) is 4.98 Å². The standard InChI is InChI=1S/C17H14N2O6S/c1-24-14-4-2-3-11-13(20)7-8-19(16(11)14)26(22,23)10-5-6-12-15(9-10)25-17(21)18-12/h2-6,9H,7-8H2,1H3,(H,18,21). The van der Waals surface area contributed by atoms with Crippen LogP contribution in [-0.4, -0.2) is 32.8 Å². The number of ketones is 1. The maximum Gasteiger partial charge on any atom is 0.417 e. The Bertz CT molecular complexity index is 1190. The van der Waals surface area contributed by atoms with E-state index in [1.165, 1.54) is 25.3 Å². The van der Waals surface area contributed by atoms with Gasteiger partial charge in [-0.15, -0.1) is 0 Å². The SMILES string of the molecule is COc1cccc2c1N(S(=O)(=O)c1ccc3[nH]c(=O)oc3c1)CCC2=O. The number of nitrogens with one attached hydrogen (secondary N) is 1. The number of nitrogens with zero attached hydrogens (tertiary/aromatic N) is 1. The molecule has 2 heterocycles. The van der Waals surface area contributed by atoms with Crippen molar-refractivity contribution in [3.63, 3.8) is 0 Å². The molecule has 0 atom stereocenters. The first-order chi connectivity index (χ1) is 12.4. The van der Waals surface area contributed by atoms with Gasteiger partial charge in [0.05, 0.1) is 17.5 Å². The Balaban J connectivity index is 1.90. The minimum absolute atomic E-state index is 0.00363. The van der Waals surface area contributed by atoms with Crippen molar-refractivity contribution >= 4 is 32.6 Å². The zero-order valence-corrected chi connectivity index (χ0v) is 14.5. The van der Waals surface area contributed by atoms with Crippen LogP contribution < -0.4 is 14.8 Å². The molecule has 3 aromatic rings. The van der Waals surface area contributed by atoms with Gasteiger partial charge >= 0.3 is 5.76 Å². The molecule has 1 aliphatic heterocycles.